The summed E-state index contributed by atoms with van der Waals surface area (Å²) < 4.78 is 38.0. The fourth-order valence-electron chi connectivity index (χ4n) is 4.32. The van der Waals surface area contributed by atoms with Crippen LogP contribution in [0, 0.1) is 17.0 Å². The van der Waals surface area contributed by atoms with Gasteiger partial charge in [0.2, 0.25) is 0 Å². The van der Waals surface area contributed by atoms with Gasteiger partial charge >= 0.3 is 5.69 Å². The van der Waals surface area contributed by atoms with Crippen molar-refractivity contribution in [2.75, 3.05) is 5.32 Å². The smallest absolute Gasteiger partial charge is 0.335 e. The van der Waals surface area contributed by atoms with E-state index in [1.54, 1.807) is 43.3 Å². The van der Waals surface area contributed by atoms with Crippen LogP contribution in [0.4, 0.5) is 14.5 Å². The molecule has 5 rings (SSSR count). The predicted molar refractivity (Wildman–Crippen MR) is 155 cm³/mol. The number of carbonyl (C=O) groups is 1. The van der Waals surface area contributed by atoms with Gasteiger partial charge in [-0.2, -0.15) is 5.10 Å². The van der Waals surface area contributed by atoms with Gasteiger partial charge in [-0.25, -0.2) is 18.1 Å². The van der Waals surface area contributed by atoms with Gasteiger partial charge in [-0.1, -0.05) is 0 Å². The maximum atomic E-state index is 15.2. The van der Waals surface area contributed by atoms with E-state index in [1.807, 2.05) is 0 Å². The van der Waals surface area contributed by atoms with Crippen molar-refractivity contribution < 1.29 is 18.3 Å². The highest BCUT2D eigenvalue weighted by atomic mass is 19.1. The summed E-state index contributed by atoms with van der Waals surface area (Å²) in [5.41, 5.74) is -0.00631. The molecule has 2 N–H and O–H groups in total. The van der Waals surface area contributed by atoms with Gasteiger partial charge in [0.05, 0.1) is 17.6 Å². The second-order valence-corrected chi connectivity index (χ2v) is 9.41. The van der Waals surface area contributed by atoms with E-state index >= 15 is 4.39 Å². The zero-order chi connectivity index (χ0) is 30.7. The standard InChI is InChI=1S/C30H25F2N7O4/c1-3-38-17-23(29(41)39(30(38)42)22-7-4-20(31)5-8-22)28(40)36-21-6-9-26(24(32)13-21)43-27-12-18(14-34-25(27)10-11-33)19-15-35-37(2)16-19/h4-9,11-17,33H,3,10H2,1-2H3,(H,36,40). The highest BCUT2D eigenvalue weighted by molar-refractivity contribution is 6.03. The number of amides is 1. The zero-order valence-electron chi connectivity index (χ0n) is 23.0. The Balaban J connectivity index is 1.43. The Kier molecular flexibility index (Phi) is 8.05. The second kappa shape index (κ2) is 12.0. The molecule has 3 aromatic heterocycles. The lowest BCUT2D eigenvalue weighted by Crippen LogP contribution is -2.42. The Morgan fingerprint density at radius 3 is 2.44 bits per heavy atom. The van der Waals surface area contributed by atoms with E-state index < -0.39 is 28.8 Å². The van der Waals surface area contributed by atoms with Gasteiger partial charge < -0.3 is 15.5 Å². The van der Waals surface area contributed by atoms with Crippen molar-refractivity contribution in [2.45, 2.75) is 19.9 Å². The predicted octanol–water partition coefficient (Wildman–Crippen LogP) is 4.33. The fraction of sp³-hybridized carbons (Fsp3) is 0.133. The normalized spacial score (nSPS) is 10.9. The molecule has 0 bridgehead atoms. The maximum Gasteiger partial charge on any atom is 0.335 e. The van der Waals surface area contributed by atoms with Crippen LogP contribution in [0.1, 0.15) is 23.0 Å². The summed E-state index contributed by atoms with van der Waals surface area (Å²) in [5.74, 6) is -2.17. The van der Waals surface area contributed by atoms with E-state index in [0.29, 0.717) is 11.3 Å². The van der Waals surface area contributed by atoms with Crippen LogP contribution in [-0.4, -0.2) is 36.0 Å². The third-order valence-corrected chi connectivity index (χ3v) is 6.50. The van der Waals surface area contributed by atoms with Crippen molar-refractivity contribution in [1.29, 1.82) is 5.41 Å². The molecule has 43 heavy (non-hydrogen) atoms. The summed E-state index contributed by atoms with van der Waals surface area (Å²) in [4.78, 5) is 43.5. The monoisotopic (exact) mass is 585 g/mol. The minimum absolute atomic E-state index is 0.0266. The summed E-state index contributed by atoms with van der Waals surface area (Å²) >= 11 is 0. The van der Waals surface area contributed by atoms with Gasteiger partial charge in [0.15, 0.2) is 11.6 Å². The number of nitrogens with zero attached hydrogens (tertiary/aromatic N) is 5. The van der Waals surface area contributed by atoms with Crippen molar-refractivity contribution in [1.82, 2.24) is 23.9 Å². The van der Waals surface area contributed by atoms with E-state index in [0.717, 1.165) is 45.3 Å². The fourth-order valence-corrected chi connectivity index (χ4v) is 4.32. The van der Waals surface area contributed by atoms with Gasteiger partial charge in [-0.15, -0.1) is 0 Å². The number of hydrogen-bond acceptors (Lipinski definition) is 7. The minimum Gasteiger partial charge on any atom is -0.452 e. The lowest BCUT2D eigenvalue weighted by atomic mass is 10.1. The first-order valence-corrected chi connectivity index (χ1v) is 13.1. The first-order chi connectivity index (χ1) is 20.7. The highest BCUT2D eigenvalue weighted by Gasteiger charge is 2.20. The molecule has 0 saturated carbocycles. The lowest BCUT2D eigenvalue weighted by Gasteiger charge is -2.14. The molecule has 0 aliphatic heterocycles. The third-order valence-electron chi connectivity index (χ3n) is 6.50. The summed E-state index contributed by atoms with van der Waals surface area (Å²) in [5, 5.41) is 14.1. The lowest BCUT2D eigenvalue weighted by molar-refractivity contribution is 0.102. The largest absolute Gasteiger partial charge is 0.452 e. The first-order valence-electron chi connectivity index (χ1n) is 13.1. The SMILES string of the molecule is CCn1cc(C(=O)Nc2ccc(Oc3cc(-c4cnn(C)c4)cnc3CC=N)c(F)c2)c(=O)n(-c2ccc(F)cc2)c1=O. The molecule has 11 nitrogen and oxygen atoms in total. The number of pyridine rings is 1. The first kappa shape index (κ1) is 28.8. The molecular weight excluding hydrogens is 560 g/mol. The van der Waals surface area contributed by atoms with Gasteiger partial charge in [0.25, 0.3) is 11.5 Å². The van der Waals surface area contributed by atoms with E-state index in [9.17, 15) is 18.8 Å². The number of halogens is 2. The van der Waals surface area contributed by atoms with Crippen LogP contribution in [0.25, 0.3) is 16.8 Å². The van der Waals surface area contributed by atoms with E-state index in [1.165, 1.54) is 24.3 Å². The number of hydrogen-bond donors (Lipinski definition) is 2. The molecule has 0 aliphatic rings. The summed E-state index contributed by atoms with van der Waals surface area (Å²) in [6.45, 7) is 1.81. The van der Waals surface area contributed by atoms with Crippen LogP contribution in [0.3, 0.4) is 0 Å². The molecule has 0 saturated heterocycles. The molecule has 2 aromatic carbocycles. The van der Waals surface area contributed by atoms with E-state index in [2.05, 4.69) is 15.4 Å². The second-order valence-electron chi connectivity index (χ2n) is 9.41. The Morgan fingerprint density at radius 1 is 1.02 bits per heavy atom. The topological polar surface area (TPSA) is 137 Å². The Morgan fingerprint density at radius 2 is 1.79 bits per heavy atom. The molecule has 0 fully saturated rings. The van der Waals surface area contributed by atoms with Crippen molar-refractivity contribution in [3.05, 3.63) is 117 Å². The Hall–Kier alpha value is -5.72. The molecule has 5 aromatic rings. The molecule has 0 unspecified atom stereocenters. The van der Waals surface area contributed by atoms with Crippen LogP contribution in [-0.2, 0) is 20.0 Å². The van der Waals surface area contributed by atoms with Crippen molar-refractivity contribution in [2.24, 2.45) is 7.05 Å². The molecule has 3 heterocycles. The number of aromatic nitrogens is 5. The Bertz CT molecular complexity index is 1960. The molecular formula is C30H25F2N7O4. The zero-order valence-corrected chi connectivity index (χ0v) is 23.0. The van der Waals surface area contributed by atoms with Gasteiger partial charge in [0.1, 0.15) is 17.1 Å². The quantitative estimate of drug-likeness (QED) is 0.247. The number of carbonyl (C=O) groups excluding carboxylic acids is 1. The average molecular weight is 586 g/mol. The number of ether oxygens (including phenoxy) is 1. The molecule has 13 heteroatoms. The van der Waals surface area contributed by atoms with Gasteiger partial charge in [-0.3, -0.25) is 23.8 Å². The van der Waals surface area contributed by atoms with Crippen LogP contribution < -0.4 is 21.3 Å². The highest BCUT2D eigenvalue weighted by Crippen LogP contribution is 2.32. The third kappa shape index (κ3) is 6.00. The van der Waals surface area contributed by atoms with Crippen molar-refractivity contribution in [3.8, 4) is 28.3 Å². The molecule has 0 radical (unpaired) electrons. The number of benzene rings is 2. The summed E-state index contributed by atoms with van der Waals surface area (Å²) in [7, 11) is 1.77. The van der Waals surface area contributed by atoms with E-state index in [-0.39, 0.29) is 41.4 Å². The molecule has 0 spiro atoms. The van der Waals surface area contributed by atoms with Crippen molar-refractivity contribution in [3.63, 3.8) is 0 Å². The maximum absolute atomic E-state index is 15.2. The van der Waals surface area contributed by atoms with Gasteiger partial charge in [-0.05, 0) is 49.4 Å². The number of nitrogens with one attached hydrogen (secondary N) is 2. The summed E-state index contributed by atoms with van der Waals surface area (Å²) in [6.07, 6.45) is 7.49. The van der Waals surface area contributed by atoms with Crippen molar-refractivity contribution >= 4 is 17.8 Å². The number of rotatable bonds is 9. The number of aryl methyl sites for hydroxylation is 2. The van der Waals surface area contributed by atoms with Crippen LogP contribution >= 0.6 is 0 Å². The van der Waals surface area contributed by atoms with E-state index in [4.69, 9.17) is 10.1 Å². The minimum atomic E-state index is -0.918. The average Bonchev–Trinajstić information content (AvgIpc) is 3.42. The Labute approximate surface area is 243 Å². The van der Waals surface area contributed by atoms with Crippen LogP contribution in [0.15, 0.2) is 82.9 Å². The van der Waals surface area contributed by atoms with Crippen LogP contribution in [0.5, 0.6) is 11.5 Å². The molecule has 218 valence electrons. The van der Waals surface area contributed by atoms with Gasteiger partial charge in [0, 0.05) is 67.7 Å². The molecule has 0 aliphatic carbocycles. The summed E-state index contributed by atoms with van der Waals surface area (Å²) in [6, 6.07) is 10.1. The number of anilines is 1. The van der Waals surface area contributed by atoms with Crippen LogP contribution in [0.2, 0.25) is 0 Å². The molecule has 0 atom stereocenters. The molecule has 1 amide bonds.